The standard InChI is InChI=1S/C14H18N4O5S/c1-23-14(22)8-3-5-24-13(8)18-4-2-9(12(18)21)17-11(20)7-16-10(19)6-15/h3,5,9H,2,4,6-7,15H2,1H3,(H,16,19)(H,17,20). The van der Waals surface area contributed by atoms with E-state index in [1.165, 1.54) is 23.3 Å². The first-order valence-electron chi connectivity index (χ1n) is 7.21. The molecule has 1 unspecified atom stereocenters. The second-order valence-corrected chi connectivity index (χ2v) is 5.91. The molecule has 1 fully saturated rings. The highest BCUT2D eigenvalue weighted by molar-refractivity contribution is 7.14. The lowest BCUT2D eigenvalue weighted by Gasteiger charge is -2.17. The summed E-state index contributed by atoms with van der Waals surface area (Å²) in [5, 5.41) is 7.09. The molecule has 0 spiro atoms. The second-order valence-electron chi connectivity index (χ2n) is 5.01. The Balaban J connectivity index is 1.98. The monoisotopic (exact) mass is 354 g/mol. The van der Waals surface area contributed by atoms with Gasteiger partial charge < -0.3 is 26.0 Å². The molecule has 1 atom stereocenters. The highest BCUT2D eigenvalue weighted by Gasteiger charge is 2.36. The summed E-state index contributed by atoms with van der Waals surface area (Å²) in [7, 11) is 1.27. The minimum Gasteiger partial charge on any atom is -0.465 e. The van der Waals surface area contributed by atoms with E-state index < -0.39 is 23.8 Å². The zero-order chi connectivity index (χ0) is 17.7. The number of rotatable bonds is 6. The van der Waals surface area contributed by atoms with E-state index in [2.05, 4.69) is 10.6 Å². The molecule has 0 radical (unpaired) electrons. The van der Waals surface area contributed by atoms with Crippen molar-refractivity contribution >= 4 is 40.0 Å². The third kappa shape index (κ3) is 3.89. The van der Waals surface area contributed by atoms with E-state index in [9.17, 15) is 19.2 Å². The third-order valence-corrected chi connectivity index (χ3v) is 4.40. The molecule has 9 nitrogen and oxygen atoms in total. The predicted molar refractivity (Wildman–Crippen MR) is 86.6 cm³/mol. The maximum atomic E-state index is 12.5. The lowest BCUT2D eigenvalue weighted by molar-refractivity contribution is -0.127. The molecule has 4 N–H and O–H groups in total. The van der Waals surface area contributed by atoms with E-state index in [4.69, 9.17) is 10.5 Å². The topological polar surface area (TPSA) is 131 Å². The zero-order valence-electron chi connectivity index (χ0n) is 13.0. The first-order valence-corrected chi connectivity index (χ1v) is 8.09. The summed E-state index contributed by atoms with van der Waals surface area (Å²) in [4.78, 5) is 48.4. The van der Waals surface area contributed by atoms with Gasteiger partial charge in [-0.2, -0.15) is 0 Å². The molecular weight excluding hydrogens is 336 g/mol. The molecule has 1 aliphatic rings. The van der Waals surface area contributed by atoms with E-state index in [0.29, 0.717) is 23.5 Å². The van der Waals surface area contributed by atoms with Gasteiger partial charge in [0.05, 0.1) is 25.8 Å². The Morgan fingerprint density at radius 1 is 1.42 bits per heavy atom. The van der Waals surface area contributed by atoms with Crippen molar-refractivity contribution in [2.75, 3.05) is 31.6 Å². The summed E-state index contributed by atoms with van der Waals surface area (Å²) in [6, 6.07) is 0.896. The molecule has 0 bridgehead atoms. The van der Waals surface area contributed by atoms with Crippen LogP contribution in [0.2, 0.25) is 0 Å². The molecular formula is C14H18N4O5S. The van der Waals surface area contributed by atoms with E-state index in [-0.39, 0.29) is 19.0 Å². The number of hydrogen-bond donors (Lipinski definition) is 3. The van der Waals surface area contributed by atoms with Crippen LogP contribution in [0.15, 0.2) is 11.4 Å². The molecule has 0 aliphatic carbocycles. The van der Waals surface area contributed by atoms with Gasteiger partial charge in [-0.05, 0) is 17.9 Å². The number of thiophene rings is 1. The number of nitrogens with zero attached hydrogens (tertiary/aromatic N) is 1. The highest BCUT2D eigenvalue weighted by atomic mass is 32.1. The molecule has 24 heavy (non-hydrogen) atoms. The lowest BCUT2D eigenvalue weighted by Crippen LogP contribution is -2.46. The van der Waals surface area contributed by atoms with E-state index in [0.717, 1.165) is 0 Å². The van der Waals surface area contributed by atoms with Crippen molar-refractivity contribution in [2.45, 2.75) is 12.5 Å². The molecule has 2 rings (SSSR count). The molecule has 3 amide bonds. The van der Waals surface area contributed by atoms with E-state index in [1.807, 2.05) is 0 Å². The summed E-state index contributed by atoms with van der Waals surface area (Å²) >= 11 is 1.25. The van der Waals surface area contributed by atoms with Gasteiger partial charge in [-0.3, -0.25) is 14.4 Å². The van der Waals surface area contributed by atoms with Crippen molar-refractivity contribution in [1.82, 2.24) is 10.6 Å². The molecule has 130 valence electrons. The van der Waals surface area contributed by atoms with Gasteiger partial charge in [0.1, 0.15) is 11.0 Å². The number of methoxy groups -OCH3 is 1. The number of amides is 3. The van der Waals surface area contributed by atoms with Gasteiger partial charge in [-0.1, -0.05) is 0 Å². The van der Waals surface area contributed by atoms with Gasteiger partial charge in [0.25, 0.3) is 0 Å². The van der Waals surface area contributed by atoms with Crippen molar-refractivity contribution in [2.24, 2.45) is 5.73 Å². The van der Waals surface area contributed by atoms with Crippen LogP contribution in [-0.2, 0) is 19.1 Å². The maximum absolute atomic E-state index is 12.5. The molecule has 0 saturated carbocycles. The fourth-order valence-corrected chi connectivity index (χ4v) is 3.21. The molecule has 1 aliphatic heterocycles. The second kappa shape index (κ2) is 7.88. The maximum Gasteiger partial charge on any atom is 0.340 e. The van der Waals surface area contributed by atoms with Gasteiger partial charge in [0.2, 0.25) is 17.7 Å². The average Bonchev–Trinajstić information content (AvgIpc) is 3.19. The van der Waals surface area contributed by atoms with Crippen LogP contribution in [0.4, 0.5) is 5.00 Å². The molecule has 1 aromatic rings. The first kappa shape index (κ1) is 17.9. The van der Waals surface area contributed by atoms with Gasteiger partial charge in [0.15, 0.2) is 0 Å². The fraction of sp³-hybridized carbons (Fsp3) is 0.429. The SMILES string of the molecule is COC(=O)c1ccsc1N1CCC(NC(=O)CNC(=O)CN)C1=O. The largest absolute Gasteiger partial charge is 0.465 e. The number of anilines is 1. The normalized spacial score (nSPS) is 16.8. The number of nitrogens with two attached hydrogens (primary N) is 1. The van der Waals surface area contributed by atoms with Crippen LogP contribution in [0.25, 0.3) is 0 Å². The van der Waals surface area contributed by atoms with Gasteiger partial charge in [-0.25, -0.2) is 4.79 Å². The van der Waals surface area contributed by atoms with Crippen molar-refractivity contribution in [3.63, 3.8) is 0 Å². The quantitative estimate of drug-likeness (QED) is 0.552. The van der Waals surface area contributed by atoms with Crippen LogP contribution < -0.4 is 21.3 Å². The average molecular weight is 354 g/mol. The van der Waals surface area contributed by atoms with Gasteiger partial charge in [-0.15, -0.1) is 11.3 Å². The Bertz CT molecular complexity index is 659. The molecule has 1 aromatic heterocycles. The Kier molecular flexibility index (Phi) is 5.88. The predicted octanol–water partition coefficient (Wildman–Crippen LogP) is -1.17. The van der Waals surface area contributed by atoms with Gasteiger partial charge >= 0.3 is 5.97 Å². The summed E-state index contributed by atoms with van der Waals surface area (Å²) in [6.45, 7) is -0.0756. The van der Waals surface area contributed by atoms with Crippen LogP contribution in [0.5, 0.6) is 0 Å². The summed E-state index contributed by atoms with van der Waals surface area (Å²) in [6.07, 6.45) is 0.411. The smallest absolute Gasteiger partial charge is 0.340 e. The minimum absolute atomic E-state index is 0.210. The van der Waals surface area contributed by atoms with Crippen LogP contribution in [0.3, 0.4) is 0 Å². The van der Waals surface area contributed by atoms with Crippen LogP contribution in [0.1, 0.15) is 16.8 Å². The summed E-state index contributed by atoms with van der Waals surface area (Å²) in [5.74, 6) is -1.75. The minimum atomic E-state index is -0.695. The molecule has 2 heterocycles. The third-order valence-electron chi connectivity index (χ3n) is 3.47. The summed E-state index contributed by atoms with van der Waals surface area (Å²) in [5.41, 5.74) is 5.44. The number of hydrogen-bond acceptors (Lipinski definition) is 7. The number of esters is 1. The van der Waals surface area contributed by atoms with Crippen LogP contribution in [0, 0.1) is 0 Å². The van der Waals surface area contributed by atoms with Crippen molar-refractivity contribution in [1.29, 1.82) is 0 Å². The zero-order valence-corrected chi connectivity index (χ0v) is 13.9. The summed E-state index contributed by atoms with van der Waals surface area (Å²) < 4.78 is 4.70. The highest BCUT2D eigenvalue weighted by Crippen LogP contribution is 2.31. The first-order chi connectivity index (χ1) is 11.5. The Labute approximate surface area is 142 Å². The van der Waals surface area contributed by atoms with Crippen LogP contribution in [-0.4, -0.2) is 56.5 Å². The number of ether oxygens (including phenoxy) is 1. The fourth-order valence-electron chi connectivity index (χ4n) is 2.29. The number of carbonyl (C=O) groups excluding carboxylic acids is 4. The van der Waals surface area contributed by atoms with E-state index in [1.54, 1.807) is 11.4 Å². The van der Waals surface area contributed by atoms with Crippen LogP contribution >= 0.6 is 11.3 Å². The lowest BCUT2D eigenvalue weighted by atomic mass is 10.2. The Hall–Kier alpha value is -2.46. The van der Waals surface area contributed by atoms with Gasteiger partial charge in [0, 0.05) is 6.54 Å². The van der Waals surface area contributed by atoms with E-state index >= 15 is 0 Å². The molecule has 1 saturated heterocycles. The Morgan fingerprint density at radius 2 is 2.17 bits per heavy atom. The van der Waals surface area contributed by atoms with Crippen molar-refractivity contribution in [3.05, 3.63) is 17.0 Å². The van der Waals surface area contributed by atoms with Crippen molar-refractivity contribution in [3.8, 4) is 0 Å². The van der Waals surface area contributed by atoms with Crippen molar-refractivity contribution < 1.29 is 23.9 Å². The molecule has 10 heteroatoms. The number of carbonyl (C=O) groups is 4. The number of nitrogens with one attached hydrogen (secondary N) is 2. The molecule has 0 aromatic carbocycles. The Morgan fingerprint density at radius 3 is 2.83 bits per heavy atom.